The molecule has 0 aliphatic carbocycles. The minimum atomic E-state index is 0.0550. The number of aromatic nitrogens is 2. The van der Waals surface area contributed by atoms with Gasteiger partial charge < -0.3 is 10.3 Å². The summed E-state index contributed by atoms with van der Waals surface area (Å²) in [7, 11) is 0. The van der Waals surface area contributed by atoms with Crippen LogP contribution in [-0.4, -0.2) is 21.6 Å². The van der Waals surface area contributed by atoms with Crippen LogP contribution in [0.15, 0.2) is 0 Å². The van der Waals surface area contributed by atoms with Crippen molar-refractivity contribution in [1.29, 1.82) is 0 Å². The fourth-order valence-corrected chi connectivity index (χ4v) is 2.41. The SMILES string of the molecule is CCCCn1c(C(C)(C)C)nc(CCSC)c1N. The molecular weight excluding hydrogens is 242 g/mol. The van der Waals surface area contributed by atoms with Gasteiger partial charge in [0, 0.05) is 18.4 Å². The Balaban J connectivity index is 3.06. The Bertz CT molecular complexity index is 377. The Hall–Kier alpha value is -0.640. The zero-order chi connectivity index (χ0) is 13.8. The van der Waals surface area contributed by atoms with Gasteiger partial charge in [0.1, 0.15) is 11.6 Å². The Morgan fingerprint density at radius 3 is 2.50 bits per heavy atom. The highest BCUT2D eigenvalue weighted by Crippen LogP contribution is 2.27. The van der Waals surface area contributed by atoms with Gasteiger partial charge in [0.15, 0.2) is 0 Å². The Morgan fingerprint density at radius 1 is 1.33 bits per heavy atom. The Kier molecular flexibility index (Phi) is 5.57. The summed E-state index contributed by atoms with van der Waals surface area (Å²) in [5, 5.41) is 0. The van der Waals surface area contributed by atoms with Crippen LogP contribution in [-0.2, 0) is 18.4 Å². The van der Waals surface area contributed by atoms with E-state index in [1.165, 1.54) is 6.42 Å². The number of unbranched alkanes of at least 4 members (excludes halogenated alkanes) is 1. The number of rotatable bonds is 6. The smallest absolute Gasteiger partial charge is 0.126 e. The predicted molar refractivity (Wildman–Crippen MR) is 82.3 cm³/mol. The largest absolute Gasteiger partial charge is 0.384 e. The van der Waals surface area contributed by atoms with Crippen LogP contribution < -0.4 is 5.73 Å². The number of nitrogens with two attached hydrogens (primary N) is 1. The van der Waals surface area contributed by atoms with Crippen molar-refractivity contribution >= 4 is 17.6 Å². The maximum Gasteiger partial charge on any atom is 0.126 e. The van der Waals surface area contributed by atoms with Gasteiger partial charge >= 0.3 is 0 Å². The monoisotopic (exact) mass is 269 g/mol. The number of hydrogen-bond donors (Lipinski definition) is 1. The normalized spacial score (nSPS) is 12.1. The van der Waals surface area contributed by atoms with Crippen molar-refractivity contribution in [2.24, 2.45) is 0 Å². The Labute approximate surface area is 116 Å². The first-order valence-corrected chi connectivity index (χ1v) is 8.15. The van der Waals surface area contributed by atoms with Crippen molar-refractivity contribution in [3.63, 3.8) is 0 Å². The van der Waals surface area contributed by atoms with E-state index in [9.17, 15) is 0 Å². The summed E-state index contributed by atoms with van der Waals surface area (Å²) in [5.41, 5.74) is 7.40. The molecule has 0 saturated carbocycles. The van der Waals surface area contributed by atoms with Gasteiger partial charge in [0.2, 0.25) is 0 Å². The van der Waals surface area contributed by atoms with E-state index in [0.29, 0.717) is 0 Å². The summed E-state index contributed by atoms with van der Waals surface area (Å²) < 4.78 is 2.22. The maximum atomic E-state index is 6.27. The number of thioether (sulfide) groups is 1. The molecule has 0 saturated heterocycles. The van der Waals surface area contributed by atoms with Crippen molar-refractivity contribution in [2.45, 2.75) is 58.9 Å². The maximum absolute atomic E-state index is 6.27. The number of aryl methyl sites for hydroxylation is 1. The molecule has 2 N–H and O–H groups in total. The predicted octanol–water partition coefficient (Wildman–Crippen LogP) is 3.47. The van der Waals surface area contributed by atoms with Crippen LogP contribution in [0.2, 0.25) is 0 Å². The molecule has 4 heteroatoms. The second-order valence-corrected chi connectivity index (χ2v) is 6.75. The van der Waals surface area contributed by atoms with Gasteiger partial charge in [-0.3, -0.25) is 0 Å². The van der Waals surface area contributed by atoms with Crippen LogP contribution in [0.4, 0.5) is 5.82 Å². The first-order valence-electron chi connectivity index (χ1n) is 6.76. The number of imidazole rings is 1. The third-order valence-corrected chi connectivity index (χ3v) is 3.64. The molecule has 0 amide bonds. The number of nitrogens with zero attached hydrogens (tertiary/aromatic N) is 2. The van der Waals surface area contributed by atoms with Crippen molar-refractivity contribution in [3.05, 3.63) is 11.5 Å². The molecule has 0 radical (unpaired) electrons. The molecule has 18 heavy (non-hydrogen) atoms. The summed E-state index contributed by atoms with van der Waals surface area (Å²) in [6, 6.07) is 0. The Morgan fingerprint density at radius 2 is 2.00 bits per heavy atom. The molecule has 0 unspecified atom stereocenters. The fourth-order valence-electron chi connectivity index (χ4n) is 2.01. The van der Waals surface area contributed by atoms with Crippen molar-refractivity contribution in [3.8, 4) is 0 Å². The zero-order valence-corrected chi connectivity index (χ0v) is 13.2. The lowest BCUT2D eigenvalue weighted by Crippen LogP contribution is -2.20. The van der Waals surface area contributed by atoms with E-state index >= 15 is 0 Å². The lowest BCUT2D eigenvalue weighted by molar-refractivity contribution is 0.491. The number of anilines is 1. The number of nitrogen functional groups attached to an aromatic ring is 1. The first-order chi connectivity index (χ1) is 8.41. The summed E-state index contributed by atoms with van der Waals surface area (Å²) in [6.45, 7) is 9.81. The van der Waals surface area contributed by atoms with E-state index in [2.05, 4.69) is 38.5 Å². The van der Waals surface area contributed by atoms with Crippen LogP contribution in [0.1, 0.15) is 52.1 Å². The van der Waals surface area contributed by atoms with Gasteiger partial charge in [-0.25, -0.2) is 4.98 Å². The fraction of sp³-hybridized carbons (Fsp3) is 0.786. The lowest BCUT2D eigenvalue weighted by Gasteiger charge is -2.20. The lowest BCUT2D eigenvalue weighted by atomic mass is 9.95. The van der Waals surface area contributed by atoms with Gasteiger partial charge in [0.05, 0.1) is 5.69 Å². The molecule has 0 bridgehead atoms. The van der Waals surface area contributed by atoms with E-state index in [0.717, 1.165) is 42.5 Å². The van der Waals surface area contributed by atoms with Crippen LogP contribution in [0, 0.1) is 0 Å². The van der Waals surface area contributed by atoms with E-state index in [1.807, 2.05) is 11.8 Å². The summed E-state index contributed by atoms with van der Waals surface area (Å²) >= 11 is 1.84. The summed E-state index contributed by atoms with van der Waals surface area (Å²) in [5.74, 6) is 3.09. The van der Waals surface area contributed by atoms with E-state index in [-0.39, 0.29) is 5.41 Å². The molecule has 1 aromatic heterocycles. The summed E-state index contributed by atoms with van der Waals surface area (Å²) in [6.07, 6.45) is 5.43. The zero-order valence-electron chi connectivity index (χ0n) is 12.4. The van der Waals surface area contributed by atoms with Crippen molar-refractivity contribution < 1.29 is 0 Å². The molecule has 0 atom stereocenters. The van der Waals surface area contributed by atoms with Crippen molar-refractivity contribution in [1.82, 2.24) is 9.55 Å². The average molecular weight is 269 g/mol. The molecular formula is C14H27N3S. The van der Waals surface area contributed by atoms with Crippen LogP contribution in [0.25, 0.3) is 0 Å². The molecule has 1 heterocycles. The van der Waals surface area contributed by atoms with Gasteiger partial charge in [-0.2, -0.15) is 11.8 Å². The van der Waals surface area contributed by atoms with Crippen LogP contribution >= 0.6 is 11.8 Å². The molecule has 0 aromatic carbocycles. The molecule has 1 aromatic rings. The quantitative estimate of drug-likeness (QED) is 0.860. The molecule has 104 valence electrons. The average Bonchev–Trinajstić information content (AvgIpc) is 2.61. The highest BCUT2D eigenvalue weighted by molar-refractivity contribution is 7.98. The topological polar surface area (TPSA) is 43.8 Å². The van der Waals surface area contributed by atoms with Crippen LogP contribution in [0.5, 0.6) is 0 Å². The summed E-state index contributed by atoms with van der Waals surface area (Å²) in [4.78, 5) is 4.80. The number of hydrogen-bond acceptors (Lipinski definition) is 3. The van der Waals surface area contributed by atoms with E-state index in [1.54, 1.807) is 0 Å². The molecule has 0 spiro atoms. The molecule has 1 rings (SSSR count). The van der Waals surface area contributed by atoms with Gasteiger partial charge in [-0.15, -0.1) is 0 Å². The molecule has 3 nitrogen and oxygen atoms in total. The van der Waals surface area contributed by atoms with Gasteiger partial charge in [-0.1, -0.05) is 34.1 Å². The van der Waals surface area contributed by atoms with E-state index in [4.69, 9.17) is 10.7 Å². The standard InChI is InChI=1S/C14H27N3S/c1-6-7-9-17-12(15)11(8-10-18-5)16-13(17)14(2,3)4/h6-10,15H2,1-5H3. The minimum Gasteiger partial charge on any atom is -0.384 e. The highest BCUT2D eigenvalue weighted by Gasteiger charge is 2.24. The van der Waals surface area contributed by atoms with Crippen LogP contribution in [0.3, 0.4) is 0 Å². The second kappa shape index (κ2) is 6.50. The molecule has 0 aliphatic heterocycles. The van der Waals surface area contributed by atoms with Gasteiger partial charge in [-0.05, 0) is 18.4 Å². The highest BCUT2D eigenvalue weighted by atomic mass is 32.2. The third-order valence-electron chi connectivity index (χ3n) is 3.03. The van der Waals surface area contributed by atoms with Crippen molar-refractivity contribution in [2.75, 3.05) is 17.7 Å². The van der Waals surface area contributed by atoms with E-state index < -0.39 is 0 Å². The molecule has 0 fully saturated rings. The molecule has 0 aliphatic rings. The first kappa shape index (κ1) is 15.4. The second-order valence-electron chi connectivity index (χ2n) is 5.77. The minimum absolute atomic E-state index is 0.0550. The van der Waals surface area contributed by atoms with Gasteiger partial charge in [0.25, 0.3) is 0 Å². The third kappa shape index (κ3) is 3.67.